The molecule has 2 amide bonds. The third-order valence-corrected chi connectivity index (χ3v) is 5.64. The highest BCUT2D eigenvalue weighted by Crippen LogP contribution is 2.26. The van der Waals surface area contributed by atoms with E-state index < -0.39 is 5.91 Å². The molecule has 0 atom stereocenters. The zero-order valence-electron chi connectivity index (χ0n) is 16.9. The van der Waals surface area contributed by atoms with E-state index in [4.69, 9.17) is 17.3 Å². The molecule has 3 rings (SSSR count). The van der Waals surface area contributed by atoms with Crippen molar-refractivity contribution in [3.63, 3.8) is 0 Å². The Morgan fingerprint density at radius 2 is 1.77 bits per heavy atom. The minimum Gasteiger partial charge on any atom is -0.366 e. The minimum atomic E-state index is -0.596. The molecule has 6 nitrogen and oxygen atoms in total. The van der Waals surface area contributed by atoms with Gasteiger partial charge in [-0.05, 0) is 43.7 Å². The second-order valence-corrected chi connectivity index (χ2v) is 8.25. The molecule has 3 N–H and O–H groups in total. The molecule has 2 aromatic carbocycles. The predicted octanol–water partition coefficient (Wildman–Crippen LogP) is 4.41. The Morgan fingerprint density at radius 3 is 2.45 bits per heavy atom. The summed E-state index contributed by atoms with van der Waals surface area (Å²) < 4.78 is 0. The van der Waals surface area contributed by atoms with Crippen LogP contribution in [0.15, 0.2) is 59.6 Å². The van der Waals surface area contributed by atoms with Crippen LogP contribution in [0.5, 0.6) is 0 Å². The number of hydrogen-bond acceptors (Lipinski definition) is 5. The van der Waals surface area contributed by atoms with E-state index >= 15 is 0 Å². The van der Waals surface area contributed by atoms with Gasteiger partial charge in [0.05, 0.1) is 17.0 Å². The van der Waals surface area contributed by atoms with Gasteiger partial charge in [0.15, 0.2) is 5.78 Å². The molecule has 0 unspecified atom stereocenters. The number of halogens is 1. The quantitative estimate of drug-likeness (QED) is 0.407. The zero-order chi connectivity index (χ0) is 22.5. The molecular formula is C23H20ClN3O3S. The van der Waals surface area contributed by atoms with Crippen molar-refractivity contribution in [3.05, 3.63) is 87.6 Å². The summed E-state index contributed by atoms with van der Waals surface area (Å²) in [5.41, 5.74) is 8.33. The summed E-state index contributed by atoms with van der Waals surface area (Å²) in [4.78, 5) is 41.6. The lowest BCUT2D eigenvalue weighted by atomic mass is 10.0. The number of rotatable bonds is 7. The third kappa shape index (κ3) is 5.51. The van der Waals surface area contributed by atoms with E-state index in [0.29, 0.717) is 38.0 Å². The van der Waals surface area contributed by atoms with Crippen molar-refractivity contribution in [1.29, 1.82) is 0 Å². The summed E-state index contributed by atoms with van der Waals surface area (Å²) >= 11 is 7.19. The van der Waals surface area contributed by atoms with E-state index in [-0.39, 0.29) is 17.4 Å². The average Bonchev–Trinajstić information content (AvgIpc) is 2.73. The molecule has 31 heavy (non-hydrogen) atoms. The molecule has 0 spiro atoms. The van der Waals surface area contributed by atoms with Gasteiger partial charge in [-0.15, -0.1) is 0 Å². The van der Waals surface area contributed by atoms with Crippen LogP contribution in [0.25, 0.3) is 0 Å². The number of nitrogens with two attached hydrogens (primary N) is 1. The van der Waals surface area contributed by atoms with Gasteiger partial charge in [0.25, 0.3) is 5.91 Å². The highest BCUT2D eigenvalue weighted by atomic mass is 35.5. The fourth-order valence-corrected chi connectivity index (χ4v) is 4.21. The molecule has 0 fully saturated rings. The first-order valence-corrected chi connectivity index (χ1v) is 10.7. The number of hydrogen-bond donors (Lipinski definition) is 2. The van der Waals surface area contributed by atoms with Crippen molar-refractivity contribution in [1.82, 2.24) is 4.98 Å². The van der Waals surface area contributed by atoms with Crippen molar-refractivity contribution in [2.24, 2.45) is 5.73 Å². The molecule has 0 bridgehead atoms. The summed E-state index contributed by atoms with van der Waals surface area (Å²) in [5, 5.41) is 3.54. The number of nitrogens with one attached hydrogen (secondary N) is 1. The summed E-state index contributed by atoms with van der Waals surface area (Å²) in [6, 6.07) is 15.2. The van der Waals surface area contributed by atoms with Crippen molar-refractivity contribution in [3.8, 4) is 0 Å². The van der Waals surface area contributed by atoms with Gasteiger partial charge in [-0.2, -0.15) is 0 Å². The number of thioether (sulfide) groups is 1. The molecule has 0 saturated carbocycles. The van der Waals surface area contributed by atoms with Gasteiger partial charge in [-0.25, -0.2) is 4.98 Å². The van der Waals surface area contributed by atoms with Crippen molar-refractivity contribution in [2.75, 3.05) is 11.1 Å². The number of primary amides is 1. The number of benzene rings is 2. The first-order chi connectivity index (χ1) is 14.8. The van der Waals surface area contributed by atoms with Crippen molar-refractivity contribution < 1.29 is 14.4 Å². The van der Waals surface area contributed by atoms with Crippen LogP contribution in [0.3, 0.4) is 0 Å². The maximum absolute atomic E-state index is 12.9. The molecular weight excluding hydrogens is 434 g/mol. The molecule has 158 valence electrons. The molecule has 1 heterocycles. The molecule has 0 saturated heterocycles. The van der Waals surface area contributed by atoms with Gasteiger partial charge in [0, 0.05) is 21.8 Å². The van der Waals surface area contributed by atoms with Gasteiger partial charge in [-0.1, -0.05) is 53.7 Å². The lowest BCUT2D eigenvalue weighted by molar-refractivity contribution is -0.113. The number of amides is 2. The van der Waals surface area contributed by atoms with Crippen LogP contribution in [0.1, 0.15) is 37.5 Å². The Hall–Kier alpha value is -3.16. The van der Waals surface area contributed by atoms with Gasteiger partial charge >= 0.3 is 0 Å². The molecule has 0 aliphatic heterocycles. The number of carbonyl (C=O) groups excluding carboxylic acids is 3. The number of aryl methyl sites for hydroxylation is 2. The second kappa shape index (κ2) is 9.76. The third-order valence-electron chi connectivity index (χ3n) is 4.43. The number of carbonyl (C=O) groups is 3. The van der Waals surface area contributed by atoms with E-state index in [0.717, 1.165) is 17.5 Å². The number of ketones is 1. The first kappa shape index (κ1) is 22.5. The maximum Gasteiger partial charge on any atom is 0.251 e. The normalized spacial score (nSPS) is 10.5. The smallest absolute Gasteiger partial charge is 0.251 e. The summed E-state index contributed by atoms with van der Waals surface area (Å²) in [5.74, 6) is -1.22. The van der Waals surface area contributed by atoms with Gasteiger partial charge in [0.1, 0.15) is 5.03 Å². The SMILES string of the molecule is Cc1cc(C)c(C(N)=O)c(SCC(=O)Nc2ccc(Cl)cc2C(=O)c2ccccc2)n1. The standard InChI is InChI=1S/C23H20ClN3O3S/c1-13-10-14(2)26-23(20(13)22(25)30)31-12-19(28)27-18-9-8-16(24)11-17(18)21(29)15-6-4-3-5-7-15/h3-11H,12H2,1-2H3,(H2,25,30)(H,27,28). The van der Waals surface area contributed by atoms with E-state index in [2.05, 4.69) is 10.3 Å². The Balaban J connectivity index is 1.79. The van der Waals surface area contributed by atoms with Gasteiger partial charge < -0.3 is 11.1 Å². The molecule has 8 heteroatoms. The zero-order valence-corrected chi connectivity index (χ0v) is 18.5. The van der Waals surface area contributed by atoms with Crippen molar-refractivity contribution in [2.45, 2.75) is 18.9 Å². The van der Waals surface area contributed by atoms with Crippen LogP contribution in [0.4, 0.5) is 5.69 Å². The second-order valence-electron chi connectivity index (χ2n) is 6.85. The Kier molecular flexibility index (Phi) is 7.09. The maximum atomic E-state index is 12.9. The largest absolute Gasteiger partial charge is 0.366 e. The molecule has 0 aliphatic rings. The van der Waals surface area contributed by atoms with E-state index in [1.807, 2.05) is 6.07 Å². The highest BCUT2D eigenvalue weighted by molar-refractivity contribution is 8.00. The first-order valence-electron chi connectivity index (χ1n) is 9.36. The average molecular weight is 454 g/mol. The lowest BCUT2D eigenvalue weighted by Gasteiger charge is -2.12. The molecule has 0 aliphatic carbocycles. The van der Waals surface area contributed by atoms with Crippen molar-refractivity contribution >= 4 is 46.6 Å². The topological polar surface area (TPSA) is 102 Å². The fraction of sp³-hybridized carbons (Fsp3) is 0.130. The van der Waals surface area contributed by atoms with E-state index in [9.17, 15) is 14.4 Å². The van der Waals surface area contributed by atoms with Crippen LogP contribution in [-0.2, 0) is 4.79 Å². The number of aromatic nitrogens is 1. The predicted molar refractivity (Wildman–Crippen MR) is 123 cm³/mol. The highest BCUT2D eigenvalue weighted by Gasteiger charge is 2.18. The van der Waals surface area contributed by atoms with Crippen LogP contribution in [0, 0.1) is 13.8 Å². The summed E-state index contributed by atoms with van der Waals surface area (Å²) in [6.45, 7) is 3.57. The Morgan fingerprint density at radius 1 is 1.06 bits per heavy atom. The van der Waals surface area contributed by atoms with Gasteiger partial charge in [0.2, 0.25) is 5.91 Å². The van der Waals surface area contributed by atoms with Crippen LogP contribution in [0.2, 0.25) is 5.02 Å². The minimum absolute atomic E-state index is 0.0161. The Labute approximate surface area is 189 Å². The monoisotopic (exact) mass is 453 g/mol. The van der Waals surface area contributed by atoms with Crippen LogP contribution in [-0.4, -0.2) is 28.3 Å². The number of anilines is 1. The molecule has 0 radical (unpaired) electrons. The summed E-state index contributed by atoms with van der Waals surface area (Å²) in [6.07, 6.45) is 0. The van der Waals surface area contributed by atoms with Crippen LogP contribution < -0.4 is 11.1 Å². The van der Waals surface area contributed by atoms with Crippen LogP contribution >= 0.6 is 23.4 Å². The molecule has 1 aromatic heterocycles. The lowest BCUT2D eigenvalue weighted by Crippen LogP contribution is -2.19. The summed E-state index contributed by atoms with van der Waals surface area (Å²) in [7, 11) is 0. The van der Waals surface area contributed by atoms with E-state index in [1.54, 1.807) is 56.3 Å². The number of nitrogens with zero attached hydrogens (tertiary/aromatic N) is 1. The molecule has 3 aromatic rings. The Bertz CT molecular complexity index is 1170. The van der Waals surface area contributed by atoms with E-state index in [1.165, 1.54) is 6.07 Å². The number of pyridine rings is 1. The fourth-order valence-electron chi connectivity index (χ4n) is 3.09. The van der Waals surface area contributed by atoms with Gasteiger partial charge in [-0.3, -0.25) is 14.4 Å².